The Hall–Kier alpha value is -0.800. The van der Waals surface area contributed by atoms with E-state index in [4.69, 9.17) is 4.74 Å². The molecule has 0 aliphatic carbocycles. The Morgan fingerprint density at radius 2 is 2.40 bits per heavy atom. The molecule has 0 amide bonds. The zero-order valence-corrected chi connectivity index (χ0v) is 9.72. The lowest BCUT2D eigenvalue weighted by atomic mass is 10.0. The number of rotatable bonds is 3. The minimum Gasteiger partial charge on any atom is -0.501 e. The number of aryl methyl sites for hydroxylation is 1. The van der Waals surface area contributed by atoms with Gasteiger partial charge in [-0.3, -0.25) is 0 Å². The number of ether oxygens (including phenoxy) is 1. The summed E-state index contributed by atoms with van der Waals surface area (Å²) in [5, 5.41) is 10.1. The van der Waals surface area contributed by atoms with Crippen LogP contribution in [0.1, 0.15) is 35.6 Å². The summed E-state index contributed by atoms with van der Waals surface area (Å²) in [5.74, 6) is 0. The van der Waals surface area contributed by atoms with Gasteiger partial charge in [-0.2, -0.15) is 0 Å². The summed E-state index contributed by atoms with van der Waals surface area (Å²) >= 11 is 1.69. The van der Waals surface area contributed by atoms with Crippen molar-refractivity contribution in [2.75, 3.05) is 6.61 Å². The molecule has 0 saturated heterocycles. The van der Waals surface area contributed by atoms with Crippen molar-refractivity contribution in [3.8, 4) is 0 Å². The van der Waals surface area contributed by atoms with Gasteiger partial charge in [-0.15, -0.1) is 11.3 Å². The quantitative estimate of drug-likeness (QED) is 0.855. The van der Waals surface area contributed by atoms with E-state index >= 15 is 0 Å². The molecular weight excluding hydrogens is 208 g/mol. The molecule has 1 aliphatic rings. The van der Waals surface area contributed by atoms with E-state index in [1.54, 1.807) is 17.6 Å². The highest BCUT2D eigenvalue weighted by molar-refractivity contribution is 7.12. The van der Waals surface area contributed by atoms with E-state index in [1.165, 1.54) is 4.88 Å². The van der Waals surface area contributed by atoms with Crippen LogP contribution >= 0.6 is 11.3 Å². The van der Waals surface area contributed by atoms with Gasteiger partial charge in [-0.05, 0) is 37.0 Å². The molecular formula is C12H16O2S. The Morgan fingerprint density at radius 1 is 1.53 bits per heavy atom. The van der Waals surface area contributed by atoms with Crippen LogP contribution in [0, 0.1) is 0 Å². The van der Waals surface area contributed by atoms with Gasteiger partial charge in [0.1, 0.15) is 6.10 Å². The molecule has 3 heteroatoms. The molecule has 15 heavy (non-hydrogen) atoms. The first kappa shape index (κ1) is 10.7. The molecule has 1 aromatic heterocycles. The fourth-order valence-electron chi connectivity index (χ4n) is 1.70. The monoisotopic (exact) mass is 224 g/mol. The van der Waals surface area contributed by atoms with E-state index in [9.17, 15) is 5.11 Å². The van der Waals surface area contributed by atoms with E-state index in [2.05, 4.69) is 13.0 Å². The molecule has 2 nitrogen and oxygen atoms in total. The van der Waals surface area contributed by atoms with Crippen molar-refractivity contribution in [1.82, 2.24) is 0 Å². The summed E-state index contributed by atoms with van der Waals surface area (Å²) < 4.78 is 5.24. The second kappa shape index (κ2) is 4.81. The van der Waals surface area contributed by atoms with Crippen LogP contribution in [0.2, 0.25) is 0 Å². The van der Waals surface area contributed by atoms with Crippen molar-refractivity contribution in [3.63, 3.8) is 0 Å². The Bertz CT molecular complexity index is 354. The number of hydrogen-bond acceptors (Lipinski definition) is 3. The number of hydrogen-bond donors (Lipinski definition) is 1. The Kier molecular flexibility index (Phi) is 3.44. The van der Waals surface area contributed by atoms with Gasteiger partial charge in [0.05, 0.1) is 12.9 Å². The molecule has 0 aromatic carbocycles. The Balaban J connectivity index is 2.12. The molecule has 2 rings (SSSR count). The standard InChI is InChI=1S/C12H16O2S/c1-2-10-5-6-11(15-10)12(13)9-4-3-7-14-8-9/h5-6,8,12-13H,2-4,7H2,1H3. The SMILES string of the molecule is CCc1ccc(C(O)C2=COCCC2)s1. The second-order valence-electron chi connectivity index (χ2n) is 3.73. The number of thiophene rings is 1. The van der Waals surface area contributed by atoms with Crippen LogP contribution < -0.4 is 0 Å². The van der Waals surface area contributed by atoms with Crippen LogP contribution in [0.25, 0.3) is 0 Å². The maximum absolute atomic E-state index is 10.1. The normalized spacial score (nSPS) is 18.1. The molecule has 0 radical (unpaired) electrons. The minimum atomic E-state index is -0.462. The fourth-order valence-corrected chi connectivity index (χ4v) is 2.68. The smallest absolute Gasteiger partial charge is 0.112 e. The average molecular weight is 224 g/mol. The third kappa shape index (κ3) is 2.41. The molecule has 82 valence electrons. The molecule has 1 unspecified atom stereocenters. The van der Waals surface area contributed by atoms with E-state index in [1.807, 2.05) is 6.07 Å². The Labute approximate surface area is 94.2 Å². The lowest BCUT2D eigenvalue weighted by Crippen LogP contribution is -2.06. The van der Waals surface area contributed by atoms with E-state index in [0.29, 0.717) is 0 Å². The van der Waals surface area contributed by atoms with Crippen molar-refractivity contribution >= 4 is 11.3 Å². The third-order valence-corrected chi connectivity index (χ3v) is 3.90. The minimum absolute atomic E-state index is 0.462. The zero-order valence-electron chi connectivity index (χ0n) is 8.90. The fraction of sp³-hybridized carbons (Fsp3) is 0.500. The lowest BCUT2D eigenvalue weighted by Gasteiger charge is -2.17. The van der Waals surface area contributed by atoms with Gasteiger partial charge in [0.25, 0.3) is 0 Å². The number of aliphatic hydroxyl groups is 1. The first-order valence-corrected chi connectivity index (χ1v) is 6.20. The maximum atomic E-state index is 10.1. The first-order valence-electron chi connectivity index (χ1n) is 5.38. The number of aliphatic hydroxyl groups excluding tert-OH is 1. The first-order chi connectivity index (χ1) is 7.31. The summed E-state index contributed by atoms with van der Waals surface area (Å²) in [4.78, 5) is 2.35. The molecule has 1 aromatic rings. The van der Waals surface area contributed by atoms with Crippen molar-refractivity contribution in [2.24, 2.45) is 0 Å². The Morgan fingerprint density at radius 3 is 3.00 bits per heavy atom. The van der Waals surface area contributed by atoms with Crippen molar-refractivity contribution in [2.45, 2.75) is 32.3 Å². The second-order valence-corrected chi connectivity index (χ2v) is 4.93. The summed E-state index contributed by atoms with van der Waals surface area (Å²) in [6.07, 6.45) is 4.25. The topological polar surface area (TPSA) is 29.5 Å². The van der Waals surface area contributed by atoms with Crippen molar-refractivity contribution < 1.29 is 9.84 Å². The molecule has 1 atom stereocenters. The van der Waals surface area contributed by atoms with Gasteiger partial charge < -0.3 is 9.84 Å². The third-order valence-electron chi connectivity index (χ3n) is 2.61. The average Bonchev–Trinajstić information content (AvgIpc) is 2.78. The van der Waals surface area contributed by atoms with E-state index < -0.39 is 6.10 Å². The summed E-state index contributed by atoms with van der Waals surface area (Å²) in [6.45, 7) is 2.91. The van der Waals surface area contributed by atoms with Crippen LogP contribution in [-0.4, -0.2) is 11.7 Å². The molecule has 0 saturated carbocycles. The predicted molar refractivity (Wildman–Crippen MR) is 61.9 cm³/mol. The highest BCUT2D eigenvalue weighted by atomic mass is 32.1. The van der Waals surface area contributed by atoms with Crippen molar-refractivity contribution in [3.05, 3.63) is 33.7 Å². The van der Waals surface area contributed by atoms with Gasteiger partial charge in [-0.1, -0.05) is 6.92 Å². The van der Waals surface area contributed by atoms with Gasteiger partial charge in [-0.25, -0.2) is 0 Å². The lowest BCUT2D eigenvalue weighted by molar-refractivity contribution is 0.172. The summed E-state index contributed by atoms with van der Waals surface area (Å²) in [5.41, 5.74) is 1.01. The van der Waals surface area contributed by atoms with E-state index in [0.717, 1.165) is 36.3 Å². The van der Waals surface area contributed by atoms with Gasteiger partial charge in [0.2, 0.25) is 0 Å². The van der Waals surface area contributed by atoms with Gasteiger partial charge in [0.15, 0.2) is 0 Å². The molecule has 1 N–H and O–H groups in total. The highest BCUT2D eigenvalue weighted by Crippen LogP contribution is 2.32. The van der Waals surface area contributed by atoms with Gasteiger partial charge >= 0.3 is 0 Å². The van der Waals surface area contributed by atoms with Crippen LogP contribution in [0.3, 0.4) is 0 Å². The zero-order chi connectivity index (χ0) is 10.7. The van der Waals surface area contributed by atoms with Crippen LogP contribution in [-0.2, 0) is 11.2 Å². The van der Waals surface area contributed by atoms with Crippen LogP contribution in [0.5, 0.6) is 0 Å². The molecule has 0 bridgehead atoms. The summed E-state index contributed by atoms with van der Waals surface area (Å²) in [6, 6.07) is 4.11. The molecule has 0 fully saturated rings. The van der Waals surface area contributed by atoms with Crippen molar-refractivity contribution in [1.29, 1.82) is 0 Å². The predicted octanol–water partition coefficient (Wildman–Crippen LogP) is 3.04. The molecule has 2 heterocycles. The van der Waals surface area contributed by atoms with E-state index in [-0.39, 0.29) is 0 Å². The van der Waals surface area contributed by atoms with Gasteiger partial charge in [0, 0.05) is 9.75 Å². The highest BCUT2D eigenvalue weighted by Gasteiger charge is 2.17. The largest absolute Gasteiger partial charge is 0.501 e. The maximum Gasteiger partial charge on any atom is 0.112 e. The molecule has 0 spiro atoms. The summed E-state index contributed by atoms with van der Waals surface area (Å²) in [7, 11) is 0. The van der Waals surface area contributed by atoms with Crippen LogP contribution in [0.15, 0.2) is 24.0 Å². The van der Waals surface area contributed by atoms with Crippen LogP contribution in [0.4, 0.5) is 0 Å². The molecule has 1 aliphatic heterocycles.